The number of carbonyl (C=O) groups is 1. The van der Waals surface area contributed by atoms with Crippen molar-refractivity contribution in [3.05, 3.63) is 59.7 Å². The van der Waals surface area contributed by atoms with Crippen molar-refractivity contribution in [2.45, 2.75) is 31.4 Å². The van der Waals surface area contributed by atoms with Crippen LogP contribution in [0.3, 0.4) is 0 Å². The summed E-state index contributed by atoms with van der Waals surface area (Å²) in [4.78, 5) is 12.4. The maximum absolute atomic E-state index is 12.8. The van der Waals surface area contributed by atoms with Crippen molar-refractivity contribution in [2.75, 3.05) is 38.2 Å². The predicted octanol–water partition coefficient (Wildman–Crippen LogP) is 4.38. The summed E-state index contributed by atoms with van der Waals surface area (Å²) in [6.07, 6.45) is -2.89. The molecule has 5 nitrogen and oxygen atoms in total. The lowest BCUT2D eigenvalue weighted by atomic mass is 9.74. The van der Waals surface area contributed by atoms with Gasteiger partial charge in [0.2, 0.25) is 5.91 Å². The van der Waals surface area contributed by atoms with E-state index in [2.05, 4.69) is 10.6 Å². The first-order valence-electron chi connectivity index (χ1n) is 10.3. The zero-order valence-corrected chi connectivity index (χ0v) is 17.4. The second-order valence-electron chi connectivity index (χ2n) is 7.56. The maximum Gasteiger partial charge on any atom is 0.416 e. The lowest BCUT2D eigenvalue weighted by Crippen LogP contribution is -2.45. The van der Waals surface area contributed by atoms with E-state index in [-0.39, 0.29) is 23.6 Å². The zero-order chi connectivity index (χ0) is 22.3. The van der Waals surface area contributed by atoms with Crippen molar-refractivity contribution in [3.63, 3.8) is 0 Å². The van der Waals surface area contributed by atoms with Crippen LogP contribution in [0.25, 0.3) is 0 Å². The molecular formula is C23H27F3N2O3. The largest absolute Gasteiger partial charge is 0.494 e. The molecule has 0 saturated carbocycles. The van der Waals surface area contributed by atoms with Gasteiger partial charge in [-0.05, 0) is 55.7 Å². The summed E-state index contributed by atoms with van der Waals surface area (Å²) in [5.74, 6) is 0.511. The first-order valence-corrected chi connectivity index (χ1v) is 10.3. The van der Waals surface area contributed by atoms with E-state index in [4.69, 9.17) is 9.47 Å². The number of ether oxygens (including phenoxy) is 2. The Morgan fingerprint density at radius 1 is 1.13 bits per heavy atom. The predicted molar refractivity (Wildman–Crippen MR) is 112 cm³/mol. The van der Waals surface area contributed by atoms with Gasteiger partial charge in [-0.1, -0.05) is 18.2 Å². The number of nitrogens with one attached hydrogen (secondary N) is 2. The molecule has 1 saturated heterocycles. The molecule has 1 amide bonds. The van der Waals surface area contributed by atoms with E-state index < -0.39 is 11.7 Å². The van der Waals surface area contributed by atoms with Crippen LogP contribution in [0.5, 0.6) is 5.75 Å². The van der Waals surface area contributed by atoms with E-state index in [1.807, 2.05) is 31.2 Å². The zero-order valence-electron chi connectivity index (χ0n) is 17.4. The third kappa shape index (κ3) is 6.13. The van der Waals surface area contributed by atoms with Gasteiger partial charge in [-0.15, -0.1) is 0 Å². The summed E-state index contributed by atoms with van der Waals surface area (Å²) in [5.41, 5.74) is 0.340. The molecule has 8 heteroatoms. The summed E-state index contributed by atoms with van der Waals surface area (Å²) >= 11 is 0. The fourth-order valence-corrected chi connectivity index (χ4v) is 3.72. The highest BCUT2D eigenvalue weighted by Crippen LogP contribution is 2.35. The quantitative estimate of drug-likeness (QED) is 0.645. The standard InChI is InChI=1S/C23H27F3N2O3/c1-2-31-20-8-6-17(7-9-20)22(10-12-30-13-11-22)16-28-21(29)15-27-19-5-3-4-18(14-19)23(24,25)26/h3-9,14,27H,2,10-13,15-16H2,1H3,(H,28,29). The molecule has 1 aliphatic heterocycles. The van der Waals surface area contributed by atoms with E-state index >= 15 is 0 Å². The third-order valence-electron chi connectivity index (χ3n) is 5.49. The Balaban J connectivity index is 1.61. The van der Waals surface area contributed by atoms with Gasteiger partial charge in [0.1, 0.15) is 5.75 Å². The topological polar surface area (TPSA) is 59.6 Å². The van der Waals surface area contributed by atoms with Crippen LogP contribution >= 0.6 is 0 Å². The van der Waals surface area contributed by atoms with Gasteiger partial charge in [0.25, 0.3) is 0 Å². The van der Waals surface area contributed by atoms with Crippen molar-refractivity contribution in [2.24, 2.45) is 0 Å². The van der Waals surface area contributed by atoms with Gasteiger partial charge >= 0.3 is 6.18 Å². The Kier molecular flexibility index (Phi) is 7.43. The van der Waals surface area contributed by atoms with Gasteiger partial charge in [-0.2, -0.15) is 13.2 Å². The molecule has 0 aromatic heterocycles. The monoisotopic (exact) mass is 436 g/mol. The van der Waals surface area contributed by atoms with E-state index in [0.29, 0.717) is 26.4 Å². The average molecular weight is 436 g/mol. The molecule has 1 aliphatic rings. The summed E-state index contributed by atoms with van der Waals surface area (Å²) < 4.78 is 49.5. The highest BCUT2D eigenvalue weighted by Gasteiger charge is 2.35. The number of alkyl halides is 3. The molecule has 31 heavy (non-hydrogen) atoms. The normalized spacial score (nSPS) is 15.9. The van der Waals surface area contributed by atoms with Crippen LogP contribution in [0.15, 0.2) is 48.5 Å². The minimum absolute atomic E-state index is 0.114. The van der Waals surface area contributed by atoms with Crippen molar-refractivity contribution in [1.29, 1.82) is 0 Å². The van der Waals surface area contributed by atoms with E-state index in [1.54, 1.807) is 0 Å². The Hall–Kier alpha value is -2.74. The van der Waals surface area contributed by atoms with Crippen LogP contribution in [-0.2, 0) is 21.1 Å². The van der Waals surface area contributed by atoms with Gasteiger partial charge < -0.3 is 20.1 Å². The Labute approximate surface area is 179 Å². The molecule has 0 radical (unpaired) electrons. The summed E-state index contributed by atoms with van der Waals surface area (Å²) in [6.45, 7) is 4.03. The summed E-state index contributed by atoms with van der Waals surface area (Å²) in [7, 11) is 0. The highest BCUT2D eigenvalue weighted by molar-refractivity contribution is 5.80. The molecule has 2 aromatic rings. The van der Waals surface area contributed by atoms with Crippen LogP contribution in [0.4, 0.5) is 18.9 Å². The molecule has 1 fully saturated rings. The van der Waals surface area contributed by atoms with Gasteiger partial charge in [0.15, 0.2) is 0 Å². The number of carbonyl (C=O) groups excluding carboxylic acids is 1. The van der Waals surface area contributed by atoms with Crippen molar-refractivity contribution in [3.8, 4) is 5.75 Å². The molecule has 2 aromatic carbocycles. The van der Waals surface area contributed by atoms with Gasteiger partial charge in [0, 0.05) is 30.9 Å². The van der Waals surface area contributed by atoms with Gasteiger partial charge in [0.05, 0.1) is 18.7 Å². The third-order valence-corrected chi connectivity index (χ3v) is 5.49. The van der Waals surface area contributed by atoms with Crippen LogP contribution in [0.2, 0.25) is 0 Å². The Morgan fingerprint density at radius 2 is 1.84 bits per heavy atom. The number of benzene rings is 2. The van der Waals surface area contributed by atoms with Crippen molar-refractivity contribution in [1.82, 2.24) is 5.32 Å². The van der Waals surface area contributed by atoms with Crippen LogP contribution in [0.1, 0.15) is 30.9 Å². The summed E-state index contributed by atoms with van der Waals surface area (Å²) in [5, 5.41) is 5.70. The average Bonchev–Trinajstić information content (AvgIpc) is 2.77. The minimum Gasteiger partial charge on any atom is -0.494 e. The molecule has 0 aliphatic carbocycles. The Morgan fingerprint density at radius 3 is 2.48 bits per heavy atom. The van der Waals surface area contributed by atoms with Crippen LogP contribution < -0.4 is 15.4 Å². The number of amides is 1. The maximum atomic E-state index is 12.8. The van der Waals surface area contributed by atoms with Gasteiger partial charge in [-0.3, -0.25) is 4.79 Å². The molecule has 2 N–H and O–H groups in total. The lowest BCUT2D eigenvalue weighted by molar-refractivity contribution is -0.137. The molecule has 0 unspecified atom stereocenters. The molecule has 3 rings (SSSR count). The van der Waals surface area contributed by atoms with E-state index in [9.17, 15) is 18.0 Å². The summed E-state index contributed by atoms with van der Waals surface area (Å²) in [6, 6.07) is 12.7. The lowest BCUT2D eigenvalue weighted by Gasteiger charge is -2.38. The molecule has 0 atom stereocenters. The number of hydrogen-bond donors (Lipinski definition) is 2. The minimum atomic E-state index is -4.42. The molecular weight excluding hydrogens is 409 g/mol. The van der Waals surface area contributed by atoms with Crippen molar-refractivity contribution < 1.29 is 27.4 Å². The molecule has 168 valence electrons. The van der Waals surface area contributed by atoms with E-state index in [1.165, 1.54) is 12.1 Å². The van der Waals surface area contributed by atoms with Crippen LogP contribution in [-0.4, -0.2) is 38.8 Å². The van der Waals surface area contributed by atoms with E-state index in [0.717, 1.165) is 36.3 Å². The highest BCUT2D eigenvalue weighted by atomic mass is 19.4. The number of halogens is 3. The second-order valence-corrected chi connectivity index (χ2v) is 7.56. The fraction of sp³-hybridized carbons (Fsp3) is 0.435. The fourth-order valence-electron chi connectivity index (χ4n) is 3.72. The van der Waals surface area contributed by atoms with Crippen molar-refractivity contribution >= 4 is 11.6 Å². The Bertz CT molecular complexity index is 863. The molecule has 1 heterocycles. The first-order chi connectivity index (χ1) is 14.8. The second kappa shape index (κ2) is 10.0. The van der Waals surface area contributed by atoms with Gasteiger partial charge in [-0.25, -0.2) is 0 Å². The number of rotatable bonds is 8. The van der Waals surface area contributed by atoms with Crippen LogP contribution in [0, 0.1) is 0 Å². The molecule has 0 bridgehead atoms. The SMILES string of the molecule is CCOc1ccc(C2(CNC(=O)CNc3cccc(C(F)(F)F)c3)CCOCC2)cc1. The first kappa shape index (κ1) is 22.9. The molecule has 0 spiro atoms. The smallest absolute Gasteiger partial charge is 0.416 e. The number of anilines is 1. The number of hydrogen-bond acceptors (Lipinski definition) is 4.